The molecule has 0 saturated heterocycles. The Kier molecular flexibility index (Phi) is 16.4. The van der Waals surface area contributed by atoms with Crippen LogP contribution in [0.4, 0.5) is 0 Å². The Balaban J connectivity index is 0. The standard InChI is InChI=1S/C16H30O2.H3N/c1-4-5-6-7-8-9-10-11-12-13-14-18-16(17)15(2)3;/h2,4-14H2,1,3H3;1H3. The van der Waals surface area contributed by atoms with E-state index >= 15 is 0 Å². The minimum atomic E-state index is -0.258. The highest BCUT2D eigenvalue weighted by Crippen LogP contribution is 2.10. The van der Waals surface area contributed by atoms with E-state index in [2.05, 4.69) is 13.5 Å². The molecule has 3 N–H and O–H groups in total. The molecule has 0 aromatic heterocycles. The molecule has 0 aliphatic heterocycles. The Morgan fingerprint density at radius 1 is 0.895 bits per heavy atom. The largest absolute Gasteiger partial charge is 0.462 e. The van der Waals surface area contributed by atoms with Gasteiger partial charge in [0.2, 0.25) is 0 Å². The fourth-order valence-electron chi connectivity index (χ4n) is 1.88. The molecule has 0 atom stereocenters. The van der Waals surface area contributed by atoms with Crippen LogP contribution < -0.4 is 6.15 Å². The summed E-state index contributed by atoms with van der Waals surface area (Å²) < 4.78 is 5.04. The second-order valence-electron chi connectivity index (χ2n) is 5.10. The molecule has 3 nitrogen and oxygen atoms in total. The Labute approximate surface area is 119 Å². The average Bonchev–Trinajstić information content (AvgIpc) is 2.35. The van der Waals surface area contributed by atoms with Crippen molar-refractivity contribution in [2.45, 2.75) is 78.1 Å². The van der Waals surface area contributed by atoms with Crippen LogP contribution in [0.5, 0.6) is 0 Å². The fourth-order valence-corrected chi connectivity index (χ4v) is 1.88. The molecule has 0 spiro atoms. The summed E-state index contributed by atoms with van der Waals surface area (Å²) in [5, 5.41) is 0. The molecule has 0 amide bonds. The molecule has 0 rings (SSSR count). The lowest BCUT2D eigenvalue weighted by atomic mass is 10.1. The normalized spacial score (nSPS) is 9.79. The van der Waals surface area contributed by atoms with Crippen LogP contribution in [0.3, 0.4) is 0 Å². The molecule has 0 saturated carbocycles. The van der Waals surface area contributed by atoms with E-state index in [1.165, 1.54) is 57.8 Å². The van der Waals surface area contributed by atoms with Gasteiger partial charge < -0.3 is 10.9 Å². The molecule has 0 aliphatic carbocycles. The second kappa shape index (κ2) is 15.2. The molecule has 19 heavy (non-hydrogen) atoms. The van der Waals surface area contributed by atoms with E-state index in [-0.39, 0.29) is 12.1 Å². The Morgan fingerprint density at radius 2 is 1.32 bits per heavy atom. The Hall–Kier alpha value is -0.830. The summed E-state index contributed by atoms with van der Waals surface area (Å²) in [6, 6.07) is 0. The molecule has 0 aromatic carbocycles. The van der Waals surface area contributed by atoms with Gasteiger partial charge in [0.05, 0.1) is 6.61 Å². The number of carbonyl (C=O) groups is 1. The summed E-state index contributed by atoms with van der Waals surface area (Å²) in [4.78, 5) is 11.1. The SMILES string of the molecule is C=C(C)C(=O)OCCCCCCCCCCCC.N. The van der Waals surface area contributed by atoms with Gasteiger partial charge in [0.1, 0.15) is 0 Å². The van der Waals surface area contributed by atoms with Crippen LogP contribution in [0.25, 0.3) is 0 Å². The van der Waals surface area contributed by atoms with Crippen LogP contribution in [-0.4, -0.2) is 12.6 Å². The Bertz CT molecular complexity index is 227. The van der Waals surface area contributed by atoms with E-state index in [1.807, 2.05) is 0 Å². The van der Waals surface area contributed by atoms with Gasteiger partial charge in [0, 0.05) is 5.57 Å². The van der Waals surface area contributed by atoms with E-state index in [4.69, 9.17) is 4.74 Å². The van der Waals surface area contributed by atoms with Gasteiger partial charge in [-0.2, -0.15) is 0 Å². The van der Waals surface area contributed by atoms with Gasteiger partial charge >= 0.3 is 5.97 Å². The summed E-state index contributed by atoms with van der Waals surface area (Å²) in [7, 11) is 0. The van der Waals surface area contributed by atoms with Gasteiger partial charge in [0.15, 0.2) is 0 Å². The van der Waals surface area contributed by atoms with E-state index in [1.54, 1.807) is 6.92 Å². The molecule has 0 radical (unpaired) electrons. The van der Waals surface area contributed by atoms with E-state index in [0.717, 1.165) is 6.42 Å². The zero-order valence-electron chi connectivity index (χ0n) is 13.0. The van der Waals surface area contributed by atoms with Gasteiger partial charge in [-0.1, -0.05) is 71.3 Å². The summed E-state index contributed by atoms with van der Waals surface area (Å²) in [6.45, 7) is 8.03. The van der Waals surface area contributed by atoms with Crippen molar-refractivity contribution in [1.82, 2.24) is 6.15 Å². The predicted octanol–water partition coefficient (Wildman–Crippen LogP) is 5.19. The zero-order valence-corrected chi connectivity index (χ0v) is 13.0. The highest BCUT2D eigenvalue weighted by molar-refractivity contribution is 5.86. The molecule has 0 fully saturated rings. The van der Waals surface area contributed by atoms with Crippen LogP contribution in [-0.2, 0) is 9.53 Å². The first kappa shape index (κ1) is 20.5. The third-order valence-corrected chi connectivity index (χ3v) is 3.08. The molecule has 0 aromatic rings. The van der Waals surface area contributed by atoms with Crippen molar-refractivity contribution in [3.63, 3.8) is 0 Å². The monoisotopic (exact) mass is 271 g/mol. The van der Waals surface area contributed by atoms with Crippen molar-refractivity contribution in [3.05, 3.63) is 12.2 Å². The van der Waals surface area contributed by atoms with Crippen molar-refractivity contribution < 1.29 is 9.53 Å². The van der Waals surface area contributed by atoms with Gasteiger partial charge in [-0.25, -0.2) is 4.79 Å². The molecule has 0 heterocycles. The van der Waals surface area contributed by atoms with Gasteiger partial charge in [-0.3, -0.25) is 0 Å². The van der Waals surface area contributed by atoms with Crippen LogP contribution in [0.15, 0.2) is 12.2 Å². The maximum Gasteiger partial charge on any atom is 0.333 e. The van der Waals surface area contributed by atoms with E-state index in [0.29, 0.717) is 12.2 Å². The van der Waals surface area contributed by atoms with Crippen molar-refractivity contribution in [1.29, 1.82) is 0 Å². The molecular weight excluding hydrogens is 238 g/mol. The summed E-state index contributed by atoms with van der Waals surface area (Å²) in [5.74, 6) is -0.258. The maximum atomic E-state index is 11.1. The lowest BCUT2D eigenvalue weighted by Crippen LogP contribution is -2.05. The smallest absolute Gasteiger partial charge is 0.333 e. The van der Waals surface area contributed by atoms with E-state index in [9.17, 15) is 4.79 Å². The van der Waals surface area contributed by atoms with E-state index < -0.39 is 0 Å². The quantitative estimate of drug-likeness (QED) is 0.302. The molecular formula is C16H33NO2. The first-order valence-electron chi connectivity index (χ1n) is 7.51. The minimum Gasteiger partial charge on any atom is -0.462 e. The van der Waals surface area contributed by atoms with Gasteiger partial charge in [-0.15, -0.1) is 0 Å². The first-order valence-corrected chi connectivity index (χ1v) is 7.51. The summed E-state index contributed by atoms with van der Waals surface area (Å²) >= 11 is 0. The molecule has 3 heteroatoms. The third kappa shape index (κ3) is 15.1. The lowest BCUT2D eigenvalue weighted by Gasteiger charge is -2.04. The lowest BCUT2D eigenvalue weighted by molar-refractivity contribution is -0.139. The topological polar surface area (TPSA) is 61.3 Å². The third-order valence-electron chi connectivity index (χ3n) is 3.08. The predicted molar refractivity (Wildman–Crippen MR) is 82.6 cm³/mol. The zero-order chi connectivity index (χ0) is 13.6. The maximum absolute atomic E-state index is 11.1. The highest BCUT2D eigenvalue weighted by Gasteiger charge is 2.01. The molecule has 0 bridgehead atoms. The van der Waals surface area contributed by atoms with Crippen molar-refractivity contribution >= 4 is 5.97 Å². The summed E-state index contributed by atoms with van der Waals surface area (Å²) in [6.07, 6.45) is 13.0. The number of ether oxygens (including phenoxy) is 1. The van der Waals surface area contributed by atoms with Crippen molar-refractivity contribution in [2.24, 2.45) is 0 Å². The number of rotatable bonds is 12. The minimum absolute atomic E-state index is 0. The number of unbranched alkanes of at least 4 members (excludes halogenated alkanes) is 9. The molecule has 114 valence electrons. The second-order valence-corrected chi connectivity index (χ2v) is 5.10. The average molecular weight is 271 g/mol. The van der Waals surface area contributed by atoms with Crippen LogP contribution in [0.1, 0.15) is 78.1 Å². The molecule has 0 aliphatic rings. The Morgan fingerprint density at radius 3 is 1.74 bits per heavy atom. The van der Waals surface area contributed by atoms with Crippen LogP contribution >= 0.6 is 0 Å². The van der Waals surface area contributed by atoms with Gasteiger partial charge in [0.25, 0.3) is 0 Å². The number of esters is 1. The number of hydrogen-bond acceptors (Lipinski definition) is 3. The number of carbonyl (C=O) groups excluding carboxylic acids is 1. The van der Waals surface area contributed by atoms with Crippen molar-refractivity contribution in [2.75, 3.05) is 6.61 Å². The van der Waals surface area contributed by atoms with Crippen LogP contribution in [0, 0.1) is 0 Å². The first-order chi connectivity index (χ1) is 8.68. The molecule has 0 unspecified atom stereocenters. The van der Waals surface area contributed by atoms with Crippen molar-refractivity contribution in [3.8, 4) is 0 Å². The van der Waals surface area contributed by atoms with Crippen LogP contribution in [0.2, 0.25) is 0 Å². The van der Waals surface area contributed by atoms with Gasteiger partial charge in [-0.05, 0) is 13.3 Å². The highest BCUT2D eigenvalue weighted by atomic mass is 16.5. The summed E-state index contributed by atoms with van der Waals surface area (Å²) in [5.41, 5.74) is 0.488. The number of hydrogen-bond donors (Lipinski definition) is 1. The fraction of sp³-hybridized carbons (Fsp3) is 0.812.